The standard InChI is InChI=1S/C23H20Cl2N4O3/c24-17-5-6-21(22(25)11-17)23(15-28-10-8-26-16-28)31-14-20(32-23)13-30-19-4-1-3-18(12-19)29-9-2-7-27-29/h1-12,16,20H,13-15H2. The van der Waals surface area contributed by atoms with Crippen LogP contribution < -0.4 is 4.74 Å². The third kappa shape index (κ3) is 4.38. The summed E-state index contributed by atoms with van der Waals surface area (Å²) in [5.41, 5.74) is 1.62. The highest BCUT2D eigenvalue weighted by atomic mass is 35.5. The van der Waals surface area contributed by atoms with Crippen LogP contribution in [0.5, 0.6) is 5.75 Å². The van der Waals surface area contributed by atoms with Gasteiger partial charge in [0.2, 0.25) is 5.79 Å². The molecule has 1 fully saturated rings. The van der Waals surface area contributed by atoms with Crippen LogP contribution in [-0.2, 0) is 21.8 Å². The predicted molar refractivity (Wildman–Crippen MR) is 120 cm³/mol. The molecule has 4 aromatic rings. The van der Waals surface area contributed by atoms with Gasteiger partial charge in [-0.05, 0) is 30.3 Å². The van der Waals surface area contributed by atoms with Gasteiger partial charge in [0.15, 0.2) is 0 Å². The monoisotopic (exact) mass is 470 g/mol. The molecule has 2 unspecified atom stereocenters. The number of imidazole rings is 1. The summed E-state index contributed by atoms with van der Waals surface area (Å²) in [7, 11) is 0. The first kappa shape index (κ1) is 21.0. The van der Waals surface area contributed by atoms with Crippen LogP contribution in [0.25, 0.3) is 5.69 Å². The quantitative estimate of drug-likeness (QED) is 0.390. The molecule has 7 nitrogen and oxygen atoms in total. The third-order valence-corrected chi connectivity index (χ3v) is 5.72. The molecule has 0 saturated carbocycles. The molecule has 2 atom stereocenters. The Morgan fingerprint density at radius 2 is 2.03 bits per heavy atom. The summed E-state index contributed by atoms with van der Waals surface area (Å²) < 4.78 is 22.3. The van der Waals surface area contributed by atoms with Gasteiger partial charge in [-0.25, -0.2) is 9.67 Å². The molecule has 1 saturated heterocycles. The minimum atomic E-state index is -1.08. The second-order valence-electron chi connectivity index (χ2n) is 7.42. The van der Waals surface area contributed by atoms with Gasteiger partial charge in [0.25, 0.3) is 0 Å². The van der Waals surface area contributed by atoms with E-state index >= 15 is 0 Å². The number of ether oxygens (including phenoxy) is 3. The minimum absolute atomic E-state index is 0.293. The third-order valence-electron chi connectivity index (χ3n) is 5.17. The van der Waals surface area contributed by atoms with Crippen LogP contribution in [0.2, 0.25) is 10.0 Å². The van der Waals surface area contributed by atoms with Crippen molar-refractivity contribution in [3.05, 3.63) is 95.3 Å². The zero-order chi connectivity index (χ0) is 22.0. The van der Waals surface area contributed by atoms with Crippen LogP contribution in [0, 0.1) is 0 Å². The van der Waals surface area contributed by atoms with E-state index in [1.165, 1.54) is 0 Å². The number of nitrogens with zero attached hydrogens (tertiary/aromatic N) is 4. The lowest BCUT2D eigenvalue weighted by Gasteiger charge is -2.30. The van der Waals surface area contributed by atoms with Crippen molar-refractivity contribution in [3.63, 3.8) is 0 Å². The fourth-order valence-electron chi connectivity index (χ4n) is 3.70. The first-order valence-corrected chi connectivity index (χ1v) is 10.8. The SMILES string of the molecule is Clc1ccc(C2(Cn3ccnc3)OCC(COc3cccc(-n4cccn4)c3)O2)c(Cl)c1. The van der Waals surface area contributed by atoms with E-state index in [0.29, 0.717) is 35.4 Å². The van der Waals surface area contributed by atoms with Gasteiger partial charge in [-0.1, -0.05) is 35.3 Å². The highest BCUT2D eigenvalue weighted by molar-refractivity contribution is 6.35. The molecule has 3 heterocycles. The summed E-state index contributed by atoms with van der Waals surface area (Å²) >= 11 is 12.6. The Morgan fingerprint density at radius 3 is 2.81 bits per heavy atom. The first-order chi connectivity index (χ1) is 15.6. The zero-order valence-electron chi connectivity index (χ0n) is 17.0. The van der Waals surface area contributed by atoms with Crippen LogP contribution in [0.4, 0.5) is 0 Å². The zero-order valence-corrected chi connectivity index (χ0v) is 18.5. The fraction of sp³-hybridized carbons (Fsp3) is 0.217. The number of hydrogen-bond acceptors (Lipinski definition) is 5. The summed E-state index contributed by atoms with van der Waals surface area (Å²) in [6.07, 6.45) is 8.59. The molecule has 2 aromatic heterocycles. The summed E-state index contributed by atoms with van der Waals surface area (Å²) in [4.78, 5) is 4.12. The van der Waals surface area contributed by atoms with Crippen molar-refractivity contribution in [3.8, 4) is 11.4 Å². The highest BCUT2D eigenvalue weighted by Gasteiger charge is 2.45. The van der Waals surface area contributed by atoms with Crippen molar-refractivity contribution in [2.45, 2.75) is 18.4 Å². The van der Waals surface area contributed by atoms with Crippen LogP contribution >= 0.6 is 23.2 Å². The van der Waals surface area contributed by atoms with Crippen LogP contribution in [0.15, 0.2) is 79.6 Å². The van der Waals surface area contributed by atoms with Gasteiger partial charge in [0, 0.05) is 41.4 Å². The van der Waals surface area contributed by atoms with Gasteiger partial charge in [-0.15, -0.1) is 0 Å². The molecule has 2 aromatic carbocycles. The molecular weight excluding hydrogens is 451 g/mol. The second-order valence-corrected chi connectivity index (χ2v) is 8.27. The van der Waals surface area contributed by atoms with Gasteiger partial charge in [0.05, 0.1) is 30.2 Å². The van der Waals surface area contributed by atoms with E-state index in [2.05, 4.69) is 10.1 Å². The second kappa shape index (κ2) is 8.96. The molecule has 1 aliphatic heterocycles. The lowest BCUT2D eigenvalue weighted by Crippen LogP contribution is -2.34. The molecule has 0 radical (unpaired) electrons. The van der Waals surface area contributed by atoms with E-state index in [1.807, 2.05) is 53.4 Å². The van der Waals surface area contributed by atoms with Crippen molar-refractivity contribution < 1.29 is 14.2 Å². The summed E-state index contributed by atoms with van der Waals surface area (Å²) in [5.74, 6) is -0.355. The largest absolute Gasteiger partial charge is 0.491 e. The van der Waals surface area contributed by atoms with Crippen molar-refractivity contribution >= 4 is 23.2 Å². The highest BCUT2D eigenvalue weighted by Crippen LogP contribution is 2.40. The van der Waals surface area contributed by atoms with Crippen molar-refractivity contribution in [1.82, 2.24) is 19.3 Å². The maximum atomic E-state index is 6.52. The van der Waals surface area contributed by atoms with Crippen LogP contribution in [-0.4, -0.2) is 38.6 Å². The normalized spacial score (nSPS) is 20.5. The molecule has 0 amide bonds. The minimum Gasteiger partial charge on any atom is -0.491 e. The van der Waals surface area contributed by atoms with E-state index in [0.717, 1.165) is 11.4 Å². The topological polar surface area (TPSA) is 63.3 Å². The fourth-order valence-corrected chi connectivity index (χ4v) is 4.25. The molecular formula is C23H20Cl2N4O3. The number of halogens is 2. The molecule has 0 N–H and O–H groups in total. The van der Waals surface area contributed by atoms with E-state index in [9.17, 15) is 0 Å². The summed E-state index contributed by atoms with van der Waals surface area (Å²) in [6.45, 7) is 1.06. The molecule has 164 valence electrons. The maximum absolute atomic E-state index is 6.52. The van der Waals surface area contributed by atoms with Gasteiger partial charge in [-0.2, -0.15) is 5.10 Å². The molecule has 0 bridgehead atoms. The van der Waals surface area contributed by atoms with E-state index < -0.39 is 5.79 Å². The van der Waals surface area contributed by atoms with E-state index in [-0.39, 0.29) is 6.10 Å². The Labute approximate surface area is 195 Å². The average molecular weight is 471 g/mol. The van der Waals surface area contributed by atoms with Gasteiger partial charge in [0.1, 0.15) is 18.5 Å². The van der Waals surface area contributed by atoms with Gasteiger partial charge in [-0.3, -0.25) is 0 Å². The Hall–Kier alpha value is -2.84. The Balaban J connectivity index is 1.33. The smallest absolute Gasteiger partial charge is 0.215 e. The molecule has 32 heavy (non-hydrogen) atoms. The van der Waals surface area contributed by atoms with Crippen LogP contribution in [0.3, 0.4) is 0 Å². The maximum Gasteiger partial charge on any atom is 0.215 e. The molecule has 0 aliphatic carbocycles. The van der Waals surface area contributed by atoms with Crippen molar-refractivity contribution in [2.75, 3.05) is 13.2 Å². The molecule has 1 aliphatic rings. The number of aromatic nitrogens is 4. The number of hydrogen-bond donors (Lipinski definition) is 0. The molecule has 5 rings (SSSR count). The predicted octanol–water partition coefficient (Wildman–Crippen LogP) is 4.72. The molecule has 9 heteroatoms. The lowest BCUT2D eigenvalue weighted by molar-refractivity contribution is -0.189. The number of benzene rings is 2. The van der Waals surface area contributed by atoms with Crippen molar-refractivity contribution in [2.24, 2.45) is 0 Å². The summed E-state index contributed by atoms with van der Waals surface area (Å²) in [5, 5.41) is 5.28. The Kier molecular flexibility index (Phi) is 5.89. The average Bonchev–Trinajstić information content (AvgIpc) is 3.56. The van der Waals surface area contributed by atoms with Crippen molar-refractivity contribution in [1.29, 1.82) is 0 Å². The summed E-state index contributed by atoms with van der Waals surface area (Å²) in [6, 6.07) is 14.9. The lowest BCUT2D eigenvalue weighted by atomic mass is 10.1. The van der Waals surface area contributed by atoms with Crippen LogP contribution in [0.1, 0.15) is 5.56 Å². The first-order valence-electron chi connectivity index (χ1n) is 10.1. The number of rotatable bonds is 7. The van der Waals surface area contributed by atoms with E-state index in [4.69, 9.17) is 37.4 Å². The molecule has 0 spiro atoms. The van der Waals surface area contributed by atoms with E-state index in [1.54, 1.807) is 35.5 Å². The van der Waals surface area contributed by atoms with Gasteiger partial charge >= 0.3 is 0 Å². The Morgan fingerprint density at radius 1 is 1.09 bits per heavy atom. The van der Waals surface area contributed by atoms with Gasteiger partial charge < -0.3 is 18.8 Å². The Bertz CT molecular complexity index is 1180.